The summed E-state index contributed by atoms with van der Waals surface area (Å²) in [5.74, 6) is -0.734. The van der Waals surface area contributed by atoms with Crippen molar-refractivity contribution in [2.24, 2.45) is 11.3 Å². The van der Waals surface area contributed by atoms with Gasteiger partial charge in [0.1, 0.15) is 6.04 Å². The monoisotopic (exact) mass is 298 g/mol. The molecule has 5 nitrogen and oxygen atoms in total. The molecule has 1 aliphatic rings. The summed E-state index contributed by atoms with van der Waals surface area (Å²) >= 11 is 0. The van der Waals surface area contributed by atoms with Crippen LogP contribution < -0.4 is 5.32 Å². The Hall–Kier alpha value is -1.26. The summed E-state index contributed by atoms with van der Waals surface area (Å²) in [5.41, 5.74) is 0.356. The van der Waals surface area contributed by atoms with Gasteiger partial charge in [0.25, 0.3) is 0 Å². The van der Waals surface area contributed by atoms with Crippen LogP contribution in [0.15, 0.2) is 0 Å². The number of amides is 2. The maximum Gasteiger partial charge on any atom is 0.326 e. The minimum atomic E-state index is -0.963. The molecular formula is C16H30N2O3. The van der Waals surface area contributed by atoms with E-state index in [0.717, 1.165) is 25.7 Å². The number of nitrogens with one attached hydrogen (secondary N) is 1. The number of rotatable bonds is 5. The molecule has 1 atom stereocenters. The highest BCUT2D eigenvalue weighted by atomic mass is 16.4. The summed E-state index contributed by atoms with van der Waals surface area (Å²) in [7, 11) is 1.77. The average Bonchev–Trinajstić information content (AvgIpc) is 2.36. The summed E-state index contributed by atoms with van der Waals surface area (Å²) in [4.78, 5) is 25.2. The molecule has 2 N–H and O–H groups in total. The van der Waals surface area contributed by atoms with Crippen LogP contribution in [0.3, 0.4) is 0 Å². The molecule has 5 heteroatoms. The third kappa shape index (κ3) is 5.56. The van der Waals surface area contributed by atoms with E-state index in [2.05, 4.69) is 19.2 Å². The van der Waals surface area contributed by atoms with E-state index in [9.17, 15) is 14.7 Å². The van der Waals surface area contributed by atoms with Gasteiger partial charge in [0.2, 0.25) is 0 Å². The van der Waals surface area contributed by atoms with Crippen LogP contribution in [0.2, 0.25) is 0 Å². The molecule has 0 radical (unpaired) electrons. The molecule has 21 heavy (non-hydrogen) atoms. The van der Waals surface area contributed by atoms with Gasteiger partial charge < -0.3 is 15.3 Å². The van der Waals surface area contributed by atoms with E-state index in [1.807, 2.05) is 13.8 Å². The van der Waals surface area contributed by atoms with Crippen LogP contribution in [0.4, 0.5) is 4.79 Å². The number of hydrogen-bond donors (Lipinski definition) is 2. The first kappa shape index (κ1) is 17.8. The molecule has 1 saturated carbocycles. The number of carboxylic acid groups (broad SMARTS) is 1. The Morgan fingerprint density at radius 3 is 2.24 bits per heavy atom. The highest BCUT2D eigenvalue weighted by molar-refractivity contribution is 5.82. The highest BCUT2D eigenvalue weighted by Crippen LogP contribution is 2.36. The van der Waals surface area contributed by atoms with Crippen molar-refractivity contribution in [2.75, 3.05) is 7.05 Å². The van der Waals surface area contributed by atoms with E-state index in [-0.39, 0.29) is 18.0 Å². The van der Waals surface area contributed by atoms with Crippen molar-refractivity contribution < 1.29 is 14.7 Å². The lowest BCUT2D eigenvalue weighted by Crippen LogP contribution is -2.51. The van der Waals surface area contributed by atoms with E-state index < -0.39 is 12.0 Å². The Bertz CT molecular complexity index is 370. The number of carbonyl (C=O) groups is 2. The fourth-order valence-corrected chi connectivity index (χ4v) is 2.88. The van der Waals surface area contributed by atoms with E-state index in [0.29, 0.717) is 11.8 Å². The Kier molecular flexibility index (Phi) is 6.05. The van der Waals surface area contributed by atoms with Crippen LogP contribution in [-0.2, 0) is 4.79 Å². The van der Waals surface area contributed by atoms with E-state index in [1.54, 1.807) is 11.9 Å². The van der Waals surface area contributed by atoms with Gasteiger partial charge in [-0.15, -0.1) is 0 Å². The van der Waals surface area contributed by atoms with Crippen molar-refractivity contribution >= 4 is 12.0 Å². The third-order valence-corrected chi connectivity index (χ3v) is 4.48. The zero-order valence-electron chi connectivity index (χ0n) is 14.0. The molecule has 1 rings (SSSR count). The fraction of sp³-hybridized carbons (Fsp3) is 0.875. The zero-order chi connectivity index (χ0) is 16.2. The van der Waals surface area contributed by atoms with Crippen molar-refractivity contribution in [3.05, 3.63) is 0 Å². The first-order valence-electron chi connectivity index (χ1n) is 7.88. The lowest BCUT2D eigenvalue weighted by molar-refractivity contribution is -0.139. The SMILES string of the molecule is CC(C)C[C@@H](NC(=O)N(C)C1CCC(C)(C)CC1)C(=O)O. The molecule has 122 valence electrons. The number of aliphatic carboxylic acids is 1. The number of hydrogen-bond acceptors (Lipinski definition) is 2. The molecule has 0 bridgehead atoms. The van der Waals surface area contributed by atoms with Gasteiger partial charge in [-0.2, -0.15) is 0 Å². The molecule has 1 aliphatic carbocycles. The lowest BCUT2D eigenvalue weighted by Gasteiger charge is -2.38. The zero-order valence-corrected chi connectivity index (χ0v) is 14.0. The van der Waals surface area contributed by atoms with Crippen LogP contribution in [0.5, 0.6) is 0 Å². The lowest BCUT2D eigenvalue weighted by atomic mass is 9.75. The molecule has 2 amide bonds. The summed E-state index contributed by atoms with van der Waals surface area (Å²) in [6, 6.07) is -0.862. The molecule has 0 aromatic heterocycles. The molecule has 0 aromatic carbocycles. The molecule has 0 aromatic rings. The van der Waals surface area contributed by atoms with Crippen molar-refractivity contribution in [3.63, 3.8) is 0 Å². The summed E-state index contributed by atoms with van der Waals surface area (Å²) in [6.45, 7) is 8.42. The van der Waals surface area contributed by atoms with Gasteiger partial charge in [-0.1, -0.05) is 27.7 Å². The minimum Gasteiger partial charge on any atom is -0.480 e. The smallest absolute Gasteiger partial charge is 0.326 e. The largest absolute Gasteiger partial charge is 0.480 e. The van der Waals surface area contributed by atoms with Crippen LogP contribution >= 0.6 is 0 Å². The van der Waals surface area contributed by atoms with Gasteiger partial charge in [-0.05, 0) is 43.4 Å². The number of carbonyl (C=O) groups excluding carboxylic acids is 1. The first-order chi connectivity index (χ1) is 9.62. The first-order valence-corrected chi connectivity index (χ1v) is 7.88. The number of nitrogens with zero attached hydrogens (tertiary/aromatic N) is 1. The molecule has 0 aliphatic heterocycles. The molecule has 0 heterocycles. The standard InChI is InChI=1S/C16H30N2O3/c1-11(2)10-13(14(19)20)17-15(21)18(5)12-6-8-16(3,4)9-7-12/h11-13H,6-10H2,1-5H3,(H,17,21)(H,19,20)/t13-/m1/s1. The molecule has 0 unspecified atom stereocenters. The minimum absolute atomic E-state index is 0.214. The molecular weight excluding hydrogens is 268 g/mol. The van der Waals surface area contributed by atoms with Crippen molar-refractivity contribution in [1.82, 2.24) is 10.2 Å². The second-order valence-electron chi connectivity index (χ2n) is 7.48. The quantitative estimate of drug-likeness (QED) is 0.819. The molecule has 0 saturated heterocycles. The van der Waals surface area contributed by atoms with E-state index in [4.69, 9.17) is 0 Å². The van der Waals surface area contributed by atoms with Crippen LogP contribution in [0, 0.1) is 11.3 Å². The number of carboxylic acids is 1. The van der Waals surface area contributed by atoms with Gasteiger partial charge in [0.15, 0.2) is 0 Å². The molecule has 1 fully saturated rings. The second kappa shape index (κ2) is 7.14. The Labute approximate surface area is 128 Å². The Morgan fingerprint density at radius 2 is 1.81 bits per heavy atom. The highest BCUT2D eigenvalue weighted by Gasteiger charge is 2.31. The second-order valence-corrected chi connectivity index (χ2v) is 7.48. The fourth-order valence-electron chi connectivity index (χ4n) is 2.88. The van der Waals surface area contributed by atoms with Gasteiger partial charge >= 0.3 is 12.0 Å². The van der Waals surface area contributed by atoms with E-state index in [1.165, 1.54) is 0 Å². The van der Waals surface area contributed by atoms with E-state index >= 15 is 0 Å². The van der Waals surface area contributed by atoms with Crippen LogP contribution in [-0.4, -0.2) is 41.1 Å². The third-order valence-electron chi connectivity index (χ3n) is 4.48. The summed E-state index contributed by atoms with van der Waals surface area (Å²) in [6.07, 6.45) is 4.62. The Balaban J connectivity index is 2.55. The van der Waals surface area contributed by atoms with Crippen molar-refractivity contribution in [3.8, 4) is 0 Å². The normalized spacial score (nSPS) is 20.1. The molecule has 0 spiro atoms. The topological polar surface area (TPSA) is 69.6 Å². The van der Waals surface area contributed by atoms with Crippen molar-refractivity contribution in [1.29, 1.82) is 0 Å². The van der Waals surface area contributed by atoms with Gasteiger partial charge in [0.05, 0.1) is 0 Å². The van der Waals surface area contributed by atoms with Gasteiger partial charge in [-0.25, -0.2) is 9.59 Å². The van der Waals surface area contributed by atoms with Crippen molar-refractivity contribution in [2.45, 2.75) is 71.9 Å². The van der Waals surface area contributed by atoms with Crippen LogP contribution in [0.1, 0.15) is 59.8 Å². The maximum atomic E-state index is 12.3. The maximum absolute atomic E-state index is 12.3. The van der Waals surface area contributed by atoms with Gasteiger partial charge in [-0.3, -0.25) is 0 Å². The number of urea groups is 1. The Morgan fingerprint density at radius 1 is 1.29 bits per heavy atom. The average molecular weight is 298 g/mol. The predicted octanol–water partition coefficient (Wildman–Crippen LogP) is 3.10. The predicted molar refractivity (Wildman–Crippen MR) is 83.2 cm³/mol. The summed E-state index contributed by atoms with van der Waals surface area (Å²) in [5, 5.41) is 11.9. The van der Waals surface area contributed by atoms with Gasteiger partial charge in [0, 0.05) is 13.1 Å². The summed E-state index contributed by atoms with van der Waals surface area (Å²) < 4.78 is 0. The van der Waals surface area contributed by atoms with Crippen LogP contribution in [0.25, 0.3) is 0 Å².